The van der Waals surface area contributed by atoms with E-state index < -0.39 is 0 Å². The Kier molecular flexibility index (Phi) is 5.46. The molecule has 0 rings (SSSR count). The van der Waals surface area contributed by atoms with Crippen LogP contribution in [0.1, 0.15) is 20.3 Å². The van der Waals surface area contributed by atoms with Crippen molar-refractivity contribution in [2.75, 3.05) is 20.1 Å². The smallest absolute Gasteiger partial charge is 0.0638 e. The number of aliphatic hydroxyl groups excluding tert-OH is 2. The molecule has 3 heteroatoms. The zero-order chi connectivity index (χ0) is 8.85. The van der Waals surface area contributed by atoms with Crippen molar-refractivity contribution >= 4 is 0 Å². The third-order valence-electron chi connectivity index (χ3n) is 1.50. The van der Waals surface area contributed by atoms with Crippen LogP contribution < -0.4 is 0 Å². The van der Waals surface area contributed by atoms with Crippen LogP contribution in [0, 0.1) is 0 Å². The summed E-state index contributed by atoms with van der Waals surface area (Å²) in [6.07, 6.45) is 0.240. The highest BCUT2D eigenvalue weighted by molar-refractivity contribution is 4.57. The first-order chi connectivity index (χ1) is 5.02. The van der Waals surface area contributed by atoms with Gasteiger partial charge >= 0.3 is 0 Å². The lowest BCUT2D eigenvalue weighted by Crippen LogP contribution is -2.29. The molecule has 11 heavy (non-hydrogen) atoms. The lowest BCUT2D eigenvalue weighted by molar-refractivity contribution is 0.122. The predicted molar refractivity (Wildman–Crippen MR) is 45.5 cm³/mol. The molecule has 0 aliphatic carbocycles. The van der Waals surface area contributed by atoms with Gasteiger partial charge in [0.2, 0.25) is 0 Å². The molecule has 0 amide bonds. The Labute approximate surface area is 68.6 Å². The van der Waals surface area contributed by atoms with E-state index in [0.29, 0.717) is 6.54 Å². The molecule has 0 saturated heterocycles. The number of likely N-dealkylation sites (N-methyl/N-ethyl adjacent to an activating group) is 1. The van der Waals surface area contributed by atoms with Crippen LogP contribution in [0.25, 0.3) is 0 Å². The fourth-order valence-corrected chi connectivity index (χ4v) is 0.950. The van der Waals surface area contributed by atoms with Gasteiger partial charge in [-0.3, -0.25) is 0 Å². The van der Waals surface area contributed by atoms with Gasteiger partial charge in [-0.2, -0.15) is 0 Å². The lowest BCUT2D eigenvalue weighted by Gasteiger charge is -2.18. The van der Waals surface area contributed by atoms with Gasteiger partial charge in [0, 0.05) is 13.1 Å². The monoisotopic (exact) mass is 161 g/mol. The average Bonchev–Trinajstić information content (AvgIpc) is 1.82. The Morgan fingerprint density at radius 1 is 1.18 bits per heavy atom. The van der Waals surface area contributed by atoms with Gasteiger partial charge in [-0.05, 0) is 27.3 Å². The Bertz CT molecular complexity index is 94.1. The number of hydrogen-bond donors (Lipinski definition) is 2. The number of rotatable bonds is 5. The maximum absolute atomic E-state index is 8.98. The van der Waals surface area contributed by atoms with Crippen LogP contribution in [-0.4, -0.2) is 47.5 Å². The van der Waals surface area contributed by atoms with Crippen LogP contribution >= 0.6 is 0 Å². The van der Waals surface area contributed by atoms with Crippen molar-refractivity contribution in [3.8, 4) is 0 Å². The minimum Gasteiger partial charge on any atom is -0.393 e. The molecule has 0 spiro atoms. The van der Waals surface area contributed by atoms with E-state index in [1.807, 2.05) is 11.9 Å². The standard InChI is InChI=1S/C8H19NO2/c1-7(10)4-5-9(3)6-8(2)11/h7-8,10-11H,4-6H2,1-3H3. The van der Waals surface area contributed by atoms with E-state index in [1.54, 1.807) is 13.8 Å². The molecule has 3 nitrogen and oxygen atoms in total. The van der Waals surface area contributed by atoms with Crippen molar-refractivity contribution in [3.63, 3.8) is 0 Å². The van der Waals surface area contributed by atoms with E-state index in [9.17, 15) is 0 Å². The summed E-state index contributed by atoms with van der Waals surface area (Å²) < 4.78 is 0. The molecule has 0 bridgehead atoms. The van der Waals surface area contributed by atoms with Crippen LogP contribution in [-0.2, 0) is 0 Å². The maximum Gasteiger partial charge on any atom is 0.0638 e. The first-order valence-electron chi connectivity index (χ1n) is 4.07. The third-order valence-corrected chi connectivity index (χ3v) is 1.50. The van der Waals surface area contributed by atoms with Gasteiger partial charge in [0.15, 0.2) is 0 Å². The van der Waals surface area contributed by atoms with Crippen molar-refractivity contribution < 1.29 is 10.2 Å². The minimum atomic E-state index is -0.283. The second-order valence-corrected chi connectivity index (χ2v) is 3.25. The Morgan fingerprint density at radius 3 is 2.09 bits per heavy atom. The average molecular weight is 161 g/mol. The highest BCUT2D eigenvalue weighted by Crippen LogP contribution is 1.94. The highest BCUT2D eigenvalue weighted by Gasteiger charge is 2.03. The van der Waals surface area contributed by atoms with E-state index in [-0.39, 0.29) is 12.2 Å². The molecular formula is C8H19NO2. The van der Waals surface area contributed by atoms with Gasteiger partial charge in [0.05, 0.1) is 12.2 Å². The number of nitrogens with zero attached hydrogens (tertiary/aromatic N) is 1. The summed E-state index contributed by atoms with van der Waals surface area (Å²) in [6, 6.07) is 0. The van der Waals surface area contributed by atoms with Crippen molar-refractivity contribution in [1.29, 1.82) is 0 Å². The molecule has 0 aromatic heterocycles. The topological polar surface area (TPSA) is 43.7 Å². The fourth-order valence-electron chi connectivity index (χ4n) is 0.950. The first kappa shape index (κ1) is 10.9. The summed E-state index contributed by atoms with van der Waals surface area (Å²) >= 11 is 0. The molecule has 2 atom stereocenters. The summed E-state index contributed by atoms with van der Waals surface area (Å²) in [5.74, 6) is 0. The molecule has 68 valence electrons. The SMILES string of the molecule is CC(O)CCN(C)CC(C)O. The zero-order valence-electron chi connectivity index (χ0n) is 7.62. The predicted octanol–water partition coefficient (Wildman–Crippen LogP) is 0.0699. The van der Waals surface area contributed by atoms with E-state index in [1.165, 1.54) is 0 Å². The second kappa shape index (κ2) is 5.52. The fraction of sp³-hybridized carbons (Fsp3) is 1.00. The zero-order valence-corrected chi connectivity index (χ0v) is 7.62. The largest absolute Gasteiger partial charge is 0.393 e. The molecule has 2 unspecified atom stereocenters. The Morgan fingerprint density at radius 2 is 1.73 bits per heavy atom. The van der Waals surface area contributed by atoms with Crippen molar-refractivity contribution in [2.45, 2.75) is 32.5 Å². The number of hydrogen-bond acceptors (Lipinski definition) is 3. The van der Waals surface area contributed by atoms with E-state index in [0.717, 1.165) is 13.0 Å². The van der Waals surface area contributed by atoms with Crippen LogP contribution in [0.2, 0.25) is 0 Å². The summed E-state index contributed by atoms with van der Waals surface area (Å²) in [4.78, 5) is 2.01. The molecule has 2 N–H and O–H groups in total. The Hall–Kier alpha value is -0.120. The normalized spacial score (nSPS) is 16.9. The molecule has 0 aliphatic heterocycles. The minimum absolute atomic E-state index is 0.244. The summed E-state index contributed by atoms with van der Waals surface area (Å²) in [7, 11) is 1.94. The Balaban J connectivity index is 3.29. The second-order valence-electron chi connectivity index (χ2n) is 3.25. The van der Waals surface area contributed by atoms with Crippen LogP contribution in [0.15, 0.2) is 0 Å². The molecular weight excluding hydrogens is 142 g/mol. The van der Waals surface area contributed by atoms with Gasteiger partial charge in [-0.15, -0.1) is 0 Å². The maximum atomic E-state index is 8.98. The highest BCUT2D eigenvalue weighted by atomic mass is 16.3. The number of aliphatic hydroxyl groups is 2. The molecule has 0 aromatic carbocycles. The van der Waals surface area contributed by atoms with E-state index >= 15 is 0 Å². The van der Waals surface area contributed by atoms with E-state index in [4.69, 9.17) is 10.2 Å². The summed E-state index contributed by atoms with van der Waals surface area (Å²) in [5, 5.41) is 17.9. The summed E-state index contributed by atoms with van der Waals surface area (Å²) in [6.45, 7) is 5.05. The third kappa shape index (κ3) is 7.78. The van der Waals surface area contributed by atoms with Crippen LogP contribution in [0.5, 0.6) is 0 Å². The van der Waals surface area contributed by atoms with Gasteiger partial charge in [-0.25, -0.2) is 0 Å². The lowest BCUT2D eigenvalue weighted by atomic mass is 10.2. The molecule has 0 aromatic rings. The van der Waals surface area contributed by atoms with Gasteiger partial charge in [0.25, 0.3) is 0 Å². The molecule has 0 radical (unpaired) electrons. The molecule has 0 fully saturated rings. The van der Waals surface area contributed by atoms with Crippen molar-refractivity contribution in [2.24, 2.45) is 0 Å². The van der Waals surface area contributed by atoms with Crippen molar-refractivity contribution in [3.05, 3.63) is 0 Å². The van der Waals surface area contributed by atoms with Crippen molar-refractivity contribution in [1.82, 2.24) is 4.90 Å². The van der Waals surface area contributed by atoms with Gasteiger partial charge < -0.3 is 15.1 Å². The molecule has 0 aliphatic rings. The van der Waals surface area contributed by atoms with Gasteiger partial charge in [-0.1, -0.05) is 0 Å². The van der Waals surface area contributed by atoms with Gasteiger partial charge in [0.1, 0.15) is 0 Å². The molecule has 0 saturated carbocycles. The van der Waals surface area contributed by atoms with E-state index in [2.05, 4.69) is 0 Å². The quantitative estimate of drug-likeness (QED) is 0.599. The molecule has 0 heterocycles. The van der Waals surface area contributed by atoms with Crippen LogP contribution in [0.3, 0.4) is 0 Å². The summed E-state index contributed by atoms with van der Waals surface area (Å²) in [5.41, 5.74) is 0. The first-order valence-corrected chi connectivity index (χ1v) is 4.07. The van der Waals surface area contributed by atoms with Crippen LogP contribution in [0.4, 0.5) is 0 Å².